The second-order valence-electron chi connectivity index (χ2n) is 3.67. The third-order valence-corrected chi connectivity index (χ3v) is 2.21. The first kappa shape index (κ1) is 11.2. The smallest absolute Gasteiger partial charge is 0.321 e. The molecule has 17 heavy (non-hydrogen) atoms. The second kappa shape index (κ2) is 5.16. The second-order valence-corrected chi connectivity index (χ2v) is 3.67. The van der Waals surface area contributed by atoms with E-state index in [1.807, 2.05) is 31.2 Å². The van der Waals surface area contributed by atoms with E-state index in [9.17, 15) is 4.79 Å². The van der Waals surface area contributed by atoms with Crippen LogP contribution < -0.4 is 10.6 Å². The predicted octanol–water partition coefficient (Wildman–Crippen LogP) is 2.30. The zero-order valence-electron chi connectivity index (χ0n) is 9.43. The fourth-order valence-corrected chi connectivity index (χ4v) is 1.44. The highest BCUT2D eigenvalue weighted by molar-refractivity contribution is 5.87. The van der Waals surface area contributed by atoms with Crippen LogP contribution in [-0.2, 0) is 6.54 Å². The van der Waals surface area contributed by atoms with Crippen molar-refractivity contribution in [1.82, 2.24) is 10.5 Å². The number of aryl methyl sites for hydroxylation is 1. The van der Waals surface area contributed by atoms with Crippen molar-refractivity contribution in [3.63, 3.8) is 0 Å². The Labute approximate surface area is 98.8 Å². The highest BCUT2D eigenvalue weighted by atomic mass is 16.5. The molecule has 2 aromatic rings. The van der Waals surface area contributed by atoms with Gasteiger partial charge in [-0.25, -0.2) is 4.79 Å². The van der Waals surface area contributed by atoms with Crippen LogP contribution >= 0.6 is 0 Å². The summed E-state index contributed by atoms with van der Waals surface area (Å²) in [5.74, 6) is 0.326. The maximum Gasteiger partial charge on any atom is 0.321 e. The third-order valence-electron chi connectivity index (χ3n) is 2.21. The van der Waals surface area contributed by atoms with E-state index >= 15 is 0 Å². The molecule has 1 aromatic heterocycles. The minimum Gasteiger partial charge on any atom is -0.338 e. The molecule has 1 heterocycles. The normalized spacial score (nSPS) is 9.94. The number of benzene rings is 1. The lowest BCUT2D eigenvalue weighted by Gasteiger charge is -2.05. The zero-order valence-corrected chi connectivity index (χ0v) is 9.43. The molecule has 2 amide bonds. The minimum absolute atomic E-state index is 0.316. The van der Waals surface area contributed by atoms with Crippen LogP contribution in [0.25, 0.3) is 0 Å². The first-order valence-electron chi connectivity index (χ1n) is 5.25. The molecule has 0 fully saturated rings. The Morgan fingerprint density at radius 1 is 1.41 bits per heavy atom. The predicted molar refractivity (Wildman–Crippen MR) is 63.5 cm³/mol. The molecule has 0 atom stereocenters. The minimum atomic E-state index is -0.316. The van der Waals surface area contributed by atoms with Crippen molar-refractivity contribution in [1.29, 1.82) is 0 Å². The molecular formula is C12H13N3O2. The molecule has 0 aliphatic rings. The summed E-state index contributed by atoms with van der Waals surface area (Å²) in [5.41, 5.74) is 2.22. The van der Waals surface area contributed by atoms with Crippen LogP contribution in [0.2, 0.25) is 0 Å². The monoisotopic (exact) mass is 231 g/mol. The highest BCUT2D eigenvalue weighted by Gasteiger charge is 2.03. The number of anilines is 1. The van der Waals surface area contributed by atoms with E-state index in [-0.39, 0.29) is 6.03 Å². The van der Waals surface area contributed by atoms with Gasteiger partial charge in [0, 0.05) is 12.6 Å². The first-order valence-corrected chi connectivity index (χ1v) is 5.25. The summed E-state index contributed by atoms with van der Waals surface area (Å²) in [6, 6.07) is 9.21. The van der Waals surface area contributed by atoms with Gasteiger partial charge in [0.2, 0.25) is 5.88 Å². The summed E-state index contributed by atoms with van der Waals surface area (Å²) < 4.78 is 4.75. The van der Waals surface area contributed by atoms with E-state index in [2.05, 4.69) is 15.8 Å². The number of nitrogens with one attached hydrogen (secondary N) is 2. The lowest BCUT2D eigenvalue weighted by atomic mass is 10.1. The van der Waals surface area contributed by atoms with Gasteiger partial charge < -0.3 is 9.84 Å². The van der Waals surface area contributed by atoms with Crippen molar-refractivity contribution in [2.24, 2.45) is 0 Å². The van der Waals surface area contributed by atoms with Crippen molar-refractivity contribution in [2.75, 3.05) is 5.32 Å². The fraction of sp³-hybridized carbons (Fsp3) is 0.167. The van der Waals surface area contributed by atoms with Crippen LogP contribution in [0.5, 0.6) is 0 Å². The number of amides is 2. The Balaban J connectivity index is 1.84. The maximum absolute atomic E-state index is 11.5. The Kier molecular flexibility index (Phi) is 3.40. The van der Waals surface area contributed by atoms with E-state index in [1.165, 1.54) is 11.8 Å². The Morgan fingerprint density at radius 2 is 2.29 bits per heavy atom. The van der Waals surface area contributed by atoms with Crippen molar-refractivity contribution in [2.45, 2.75) is 13.5 Å². The Morgan fingerprint density at radius 3 is 3.00 bits per heavy atom. The molecule has 0 aliphatic heterocycles. The van der Waals surface area contributed by atoms with Gasteiger partial charge in [-0.15, -0.1) is 0 Å². The number of urea groups is 1. The summed E-state index contributed by atoms with van der Waals surface area (Å²) in [6.07, 6.45) is 1.47. The number of carbonyl (C=O) groups excluding carboxylic acids is 1. The highest BCUT2D eigenvalue weighted by Crippen LogP contribution is 2.05. The van der Waals surface area contributed by atoms with Gasteiger partial charge in [0.05, 0.1) is 6.20 Å². The molecule has 2 rings (SSSR count). The quantitative estimate of drug-likeness (QED) is 0.851. The van der Waals surface area contributed by atoms with Gasteiger partial charge in [0.1, 0.15) is 0 Å². The number of aromatic nitrogens is 1. The number of nitrogens with zero attached hydrogens (tertiary/aromatic N) is 1. The summed E-state index contributed by atoms with van der Waals surface area (Å²) in [5, 5.41) is 8.74. The van der Waals surface area contributed by atoms with Crippen molar-refractivity contribution in [3.8, 4) is 0 Å². The van der Waals surface area contributed by atoms with Crippen molar-refractivity contribution < 1.29 is 9.32 Å². The van der Waals surface area contributed by atoms with Gasteiger partial charge in [-0.3, -0.25) is 5.32 Å². The topological polar surface area (TPSA) is 67.2 Å². The summed E-state index contributed by atoms with van der Waals surface area (Å²) in [6.45, 7) is 2.49. The van der Waals surface area contributed by atoms with Crippen molar-refractivity contribution >= 4 is 11.9 Å². The molecule has 0 radical (unpaired) electrons. The number of hydrogen-bond donors (Lipinski definition) is 2. The molecule has 0 bridgehead atoms. The SMILES string of the molecule is Cc1cccc(CNC(=O)Nc2ccno2)c1. The van der Waals surface area contributed by atoms with Crippen LogP contribution in [0.1, 0.15) is 11.1 Å². The maximum atomic E-state index is 11.5. The standard InChI is InChI=1S/C12H13N3O2/c1-9-3-2-4-10(7-9)8-13-12(16)15-11-5-6-14-17-11/h2-7H,8H2,1H3,(H2,13,15,16). The molecule has 0 unspecified atom stereocenters. The molecule has 2 N–H and O–H groups in total. The van der Waals surface area contributed by atoms with Crippen LogP contribution in [0.15, 0.2) is 41.1 Å². The van der Waals surface area contributed by atoms with Crippen LogP contribution in [0.3, 0.4) is 0 Å². The van der Waals surface area contributed by atoms with Gasteiger partial charge in [-0.2, -0.15) is 0 Å². The van der Waals surface area contributed by atoms with Crippen LogP contribution in [0.4, 0.5) is 10.7 Å². The van der Waals surface area contributed by atoms with Gasteiger partial charge in [0.15, 0.2) is 0 Å². The summed E-state index contributed by atoms with van der Waals surface area (Å²) in [7, 11) is 0. The molecule has 0 saturated carbocycles. The third kappa shape index (κ3) is 3.34. The molecule has 0 spiro atoms. The van der Waals surface area contributed by atoms with E-state index in [0.29, 0.717) is 12.4 Å². The number of hydrogen-bond acceptors (Lipinski definition) is 3. The molecule has 0 saturated heterocycles. The average Bonchev–Trinajstić information content (AvgIpc) is 2.79. The van der Waals surface area contributed by atoms with E-state index in [4.69, 9.17) is 4.52 Å². The van der Waals surface area contributed by atoms with Crippen LogP contribution in [-0.4, -0.2) is 11.2 Å². The molecule has 1 aromatic carbocycles. The lowest BCUT2D eigenvalue weighted by molar-refractivity contribution is 0.251. The number of rotatable bonds is 3. The molecule has 88 valence electrons. The van der Waals surface area contributed by atoms with Gasteiger partial charge in [-0.1, -0.05) is 35.0 Å². The molecular weight excluding hydrogens is 218 g/mol. The van der Waals surface area contributed by atoms with Gasteiger partial charge in [-0.05, 0) is 12.5 Å². The first-order chi connectivity index (χ1) is 8.24. The van der Waals surface area contributed by atoms with Gasteiger partial charge in [0.25, 0.3) is 0 Å². The molecule has 5 nitrogen and oxygen atoms in total. The summed E-state index contributed by atoms with van der Waals surface area (Å²) >= 11 is 0. The molecule has 5 heteroatoms. The lowest BCUT2D eigenvalue weighted by Crippen LogP contribution is -2.27. The average molecular weight is 231 g/mol. The van der Waals surface area contributed by atoms with Gasteiger partial charge >= 0.3 is 6.03 Å². The zero-order chi connectivity index (χ0) is 12.1. The summed E-state index contributed by atoms with van der Waals surface area (Å²) in [4.78, 5) is 11.5. The Bertz CT molecular complexity index is 494. The number of carbonyl (C=O) groups is 1. The van der Waals surface area contributed by atoms with Crippen molar-refractivity contribution in [3.05, 3.63) is 47.7 Å². The van der Waals surface area contributed by atoms with Crippen LogP contribution in [0, 0.1) is 6.92 Å². The molecule has 0 aliphatic carbocycles. The van der Waals surface area contributed by atoms with E-state index < -0.39 is 0 Å². The largest absolute Gasteiger partial charge is 0.338 e. The van der Waals surface area contributed by atoms with E-state index in [0.717, 1.165) is 5.56 Å². The van der Waals surface area contributed by atoms with E-state index in [1.54, 1.807) is 6.07 Å². The Hall–Kier alpha value is -2.30. The fourth-order valence-electron chi connectivity index (χ4n) is 1.44.